The number of rotatable bonds is 4. The van der Waals surface area contributed by atoms with E-state index in [-0.39, 0.29) is 18.0 Å². The Hall–Kier alpha value is -3.69. The maximum absolute atomic E-state index is 13.1. The maximum atomic E-state index is 13.1. The molecule has 10 heteroatoms. The van der Waals surface area contributed by atoms with Crippen LogP contribution >= 0.6 is 0 Å². The van der Waals surface area contributed by atoms with Gasteiger partial charge in [0.2, 0.25) is 0 Å². The van der Waals surface area contributed by atoms with E-state index in [1.165, 1.54) is 0 Å². The van der Waals surface area contributed by atoms with E-state index in [0.717, 1.165) is 18.4 Å². The third-order valence-electron chi connectivity index (χ3n) is 5.52. The van der Waals surface area contributed by atoms with Crippen molar-refractivity contribution in [1.82, 2.24) is 29.7 Å². The smallest absolute Gasteiger partial charge is 0.410 e. The van der Waals surface area contributed by atoms with E-state index in [9.17, 15) is 9.59 Å². The first-order chi connectivity index (χ1) is 15.7. The number of nitrogens with zero attached hydrogens (tertiary/aromatic N) is 6. The number of hydrogen-bond donors (Lipinski definition) is 1. The first kappa shape index (κ1) is 22.5. The van der Waals surface area contributed by atoms with Crippen LogP contribution in [0.3, 0.4) is 0 Å². The number of carbonyl (C=O) groups excluding carboxylic acids is 2. The summed E-state index contributed by atoms with van der Waals surface area (Å²) in [6.45, 7) is 6.77. The molecule has 2 aromatic heterocycles. The second-order valence-electron chi connectivity index (χ2n) is 9.16. The van der Waals surface area contributed by atoms with E-state index in [4.69, 9.17) is 4.74 Å². The average Bonchev–Trinajstić information content (AvgIpc) is 3.42. The van der Waals surface area contributed by atoms with E-state index in [2.05, 4.69) is 20.8 Å². The SMILES string of the molecule is Cn1nnnc1-c1cccc(NC(=O)c2cccn2C2CCN(C(=O)OC(C)(C)C)CC2)c1. The minimum atomic E-state index is -0.514. The van der Waals surface area contributed by atoms with E-state index in [1.54, 1.807) is 16.6 Å². The molecule has 10 nitrogen and oxygen atoms in total. The van der Waals surface area contributed by atoms with Gasteiger partial charge in [0.25, 0.3) is 5.91 Å². The van der Waals surface area contributed by atoms with Gasteiger partial charge in [0.05, 0.1) is 0 Å². The Morgan fingerprint density at radius 1 is 1.12 bits per heavy atom. The summed E-state index contributed by atoms with van der Waals surface area (Å²) in [5.74, 6) is 0.425. The van der Waals surface area contributed by atoms with Crippen LogP contribution in [-0.2, 0) is 11.8 Å². The Morgan fingerprint density at radius 2 is 1.88 bits per heavy atom. The van der Waals surface area contributed by atoms with Crippen molar-refractivity contribution in [3.63, 3.8) is 0 Å². The summed E-state index contributed by atoms with van der Waals surface area (Å²) in [4.78, 5) is 27.1. The highest BCUT2D eigenvalue weighted by molar-refractivity contribution is 6.03. The Morgan fingerprint density at radius 3 is 2.55 bits per heavy atom. The minimum Gasteiger partial charge on any atom is -0.444 e. The number of aryl methyl sites for hydroxylation is 1. The summed E-state index contributed by atoms with van der Waals surface area (Å²) in [7, 11) is 1.77. The number of ether oxygens (including phenoxy) is 1. The number of aromatic nitrogens is 5. The van der Waals surface area contributed by atoms with Crippen LogP contribution in [0.5, 0.6) is 0 Å². The third-order valence-corrected chi connectivity index (χ3v) is 5.52. The molecular formula is C23H29N7O3. The fourth-order valence-corrected chi connectivity index (χ4v) is 3.96. The maximum Gasteiger partial charge on any atom is 0.410 e. The van der Waals surface area contributed by atoms with Crippen LogP contribution in [0.4, 0.5) is 10.5 Å². The van der Waals surface area contributed by atoms with Crippen LogP contribution in [0.1, 0.15) is 50.1 Å². The predicted octanol–water partition coefficient (Wildman–Crippen LogP) is 3.50. The number of amides is 2. The highest BCUT2D eigenvalue weighted by atomic mass is 16.6. The zero-order chi connectivity index (χ0) is 23.6. The lowest BCUT2D eigenvalue weighted by atomic mass is 10.0. The summed E-state index contributed by atoms with van der Waals surface area (Å²) in [6.07, 6.45) is 3.14. The molecule has 3 heterocycles. The summed E-state index contributed by atoms with van der Waals surface area (Å²) < 4.78 is 9.05. The topological polar surface area (TPSA) is 107 Å². The van der Waals surface area contributed by atoms with Gasteiger partial charge in [0.1, 0.15) is 11.3 Å². The van der Waals surface area contributed by atoms with Gasteiger partial charge in [0, 0.05) is 43.6 Å². The number of anilines is 1. The van der Waals surface area contributed by atoms with Crippen LogP contribution in [-0.4, -0.2) is 60.4 Å². The average molecular weight is 452 g/mol. The van der Waals surface area contributed by atoms with Crippen LogP contribution in [0, 0.1) is 0 Å². The van der Waals surface area contributed by atoms with Crippen molar-refractivity contribution in [3.05, 3.63) is 48.3 Å². The molecule has 0 radical (unpaired) electrons. The monoisotopic (exact) mass is 451 g/mol. The number of piperidine rings is 1. The Balaban J connectivity index is 1.42. The van der Waals surface area contributed by atoms with Gasteiger partial charge in [-0.25, -0.2) is 9.48 Å². The van der Waals surface area contributed by atoms with Crippen molar-refractivity contribution >= 4 is 17.7 Å². The van der Waals surface area contributed by atoms with Gasteiger partial charge >= 0.3 is 6.09 Å². The van der Waals surface area contributed by atoms with Crippen molar-refractivity contribution in [2.24, 2.45) is 7.05 Å². The number of tetrazole rings is 1. The van der Waals surface area contributed by atoms with Gasteiger partial charge in [-0.3, -0.25) is 4.79 Å². The van der Waals surface area contributed by atoms with Crippen molar-refractivity contribution < 1.29 is 14.3 Å². The molecule has 1 aromatic carbocycles. The molecule has 0 saturated carbocycles. The number of benzene rings is 1. The number of carbonyl (C=O) groups is 2. The summed E-state index contributed by atoms with van der Waals surface area (Å²) in [6, 6.07) is 11.2. The van der Waals surface area contributed by atoms with Gasteiger partial charge < -0.3 is 19.5 Å². The van der Waals surface area contributed by atoms with Crippen LogP contribution < -0.4 is 5.32 Å². The lowest BCUT2D eigenvalue weighted by Gasteiger charge is -2.34. The van der Waals surface area contributed by atoms with E-state index >= 15 is 0 Å². The molecule has 3 aromatic rings. The fourth-order valence-electron chi connectivity index (χ4n) is 3.96. The Labute approximate surface area is 192 Å². The molecule has 4 rings (SSSR count). The quantitative estimate of drug-likeness (QED) is 0.651. The van der Waals surface area contributed by atoms with Crippen molar-refractivity contribution in [2.75, 3.05) is 18.4 Å². The highest BCUT2D eigenvalue weighted by Crippen LogP contribution is 2.26. The largest absolute Gasteiger partial charge is 0.444 e. The van der Waals surface area contributed by atoms with Crippen LogP contribution in [0.15, 0.2) is 42.6 Å². The van der Waals surface area contributed by atoms with Gasteiger partial charge in [-0.2, -0.15) is 0 Å². The van der Waals surface area contributed by atoms with E-state index in [1.807, 2.05) is 67.9 Å². The first-order valence-electron chi connectivity index (χ1n) is 11.0. The standard InChI is InChI=1S/C23H29N7O3/c1-23(2,3)33-22(32)29-13-10-18(11-14-29)30-12-6-9-19(30)21(31)24-17-8-5-7-16(15-17)20-25-26-27-28(20)4/h5-9,12,15,18H,10-11,13-14H2,1-4H3,(H,24,31). The van der Waals surface area contributed by atoms with Gasteiger partial charge in [0.15, 0.2) is 5.82 Å². The van der Waals surface area contributed by atoms with Crippen LogP contribution in [0.2, 0.25) is 0 Å². The minimum absolute atomic E-state index is 0.135. The van der Waals surface area contributed by atoms with Crippen molar-refractivity contribution in [1.29, 1.82) is 0 Å². The normalized spacial score (nSPS) is 14.8. The molecule has 0 bridgehead atoms. The molecule has 1 saturated heterocycles. The molecule has 0 atom stereocenters. The lowest BCUT2D eigenvalue weighted by Crippen LogP contribution is -2.42. The summed E-state index contributed by atoms with van der Waals surface area (Å²) in [5, 5.41) is 14.5. The van der Waals surface area contributed by atoms with Crippen molar-refractivity contribution in [2.45, 2.75) is 45.3 Å². The molecule has 174 valence electrons. The Bertz CT molecular complexity index is 1140. The van der Waals surface area contributed by atoms with E-state index < -0.39 is 5.60 Å². The highest BCUT2D eigenvalue weighted by Gasteiger charge is 2.28. The number of likely N-dealkylation sites (tertiary alicyclic amines) is 1. The summed E-state index contributed by atoms with van der Waals surface area (Å²) in [5.41, 5.74) is 1.54. The fraction of sp³-hybridized carbons (Fsp3) is 0.435. The van der Waals surface area contributed by atoms with Gasteiger partial charge in [-0.15, -0.1) is 5.10 Å². The molecule has 33 heavy (non-hydrogen) atoms. The molecule has 0 unspecified atom stereocenters. The Kier molecular flexibility index (Phi) is 6.17. The lowest BCUT2D eigenvalue weighted by molar-refractivity contribution is 0.0187. The van der Waals surface area contributed by atoms with Crippen LogP contribution in [0.25, 0.3) is 11.4 Å². The van der Waals surface area contributed by atoms with Gasteiger partial charge in [-0.05, 0) is 68.3 Å². The van der Waals surface area contributed by atoms with Gasteiger partial charge in [-0.1, -0.05) is 12.1 Å². The first-order valence-corrected chi connectivity index (χ1v) is 11.0. The predicted molar refractivity (Wildman–Crippen MR) is 123 cm³/mol. The molecule has 0 spiro atoms. The molecular weight excluding hydrogens is 422 g/mol. The number of nitrogens with one attached hydrogen (secondary N) is 1. The number of hydrogen-bond acceptors (Lipinski definition) is 6. The molecule has 0 aliphatic carbocycles. The second kappa shape index (κ2) is 9.05. The zero-order valence-corrected chi connectivity index (χ0v) is 19.4. The molecule has 1 aliphatic rings. The molecule has 2 amide bonds. The van der Waals surface area contributed by atoms with Crippen molar-refractivity contribution in [3.8, 4) is 11.4 Å². The zero-order valence-electron chi connectivity index (χ0n) is 19.4. The van der Waals surface area contributed by atoms with E-state index in [0.29, 0.717) is 30.3 Å². The molecule has 1 aliphatic heterocycles. The third kappa shape index (κ3) is 5.21. The molecule has 1 fully saturated rings. The molecule has 1 N–H and O–H groups in total. The second-order valence-corrected chi connectivity index (χ2v) is 9.16. The summed E-state index contributed by atoms with van der Waals surface area (Å²) >= 11 is 0.